The lowest BCUT2D eigenvalue weighted by molar-refractivity contribution is 0.734. The molecule has 0 amide bonds. The van der Waals surface area contributed by atoms with Gasteiger partial charge in [0.2, 0.25) is 0 Å². The van der Waals surface area contributed by atoms with Crippen LogP contribution in [0.3, 0.4) is 0 Å². The number of aromatic nitrogens is 1. The van der Waals surface area contributed by atoms with Crippen LogP contribution in [-0.4, -0.2) is 17.6 Å². The zero-order valence-electron chi connectivity index (χ0n) is 8.41. The monoisotopic (exact) mass is 210 g/mol. The third-order valence-electron chi connectivity index (χ3n) is 2.82. The van der Waals surface area contributed by atoms with Crippen molar-refractivity contribution in [1.82, 2.24) is 4.98 Å². The maximum absolute atomic E-state index is 5.76. The predicted octanol–water partition coefficient (Wildman–Crippen LogP) is 2.81. The van der Waals surface area contributed by atoms with Gasteiger partial charge in [0.25, 0.3) is 0 Å². The van der Waals surface area contributed by atoms with Crippen LogP contribution in [0.4, 0.5) is 5.69 Å². The average Bonchev–Trinajstić information content (AvgIpc) is 2.65. The van der Waals surface area contributed by atoms with Crippen LogP contribution in [0, 0.1) is 0 Å². The summed E-state index contributed by atoms with van der Waals surface area (Å²) in [5, 5.41) is 0. The standard InChI is InChI=1S/C11H15ClN2/c1-9-3-2-6-14(9)11-4-5-13-10(7-11)8-12/h4-5,7,9H,2-3,6,8H2,1H3. The Morgan fingerprint density at radius 2 is 2.50 bits per heavy atom. The Balaban J connectivity index is 2.22. The molecule has 76 valence electrons. The second-order valence-corrected chi connectivity index (χ2v) is 4.09. The zero-order chi connectivity index (χ0) is 9.97. The molecule has 0 spiro atoms. The summed E-state index contributed by atoms with van der Waals surface area (Å²) in [4.78, 5) is 6.62. The first-order valence-corrected chi connectivity index (χ1v) is 5.62. The average molecular weight is 211 g/mol. The van der Waals surface area contributed by atoms with E-state index in [0.717, 1.165) is 12.2 Å². The highest BCUT2D eigenvalue weighted by atomic mass is 35.5. The molecule has 1 unspecified atom stereocenters. The molecule has 14 heavy (non-hydrogen) atoms. The van der Waals surface area contributed by atoms with Crippen LogP contribution in [0.25, 0.3) is 0 Å². The van der Waals surface area contributed by atoms with Gasteiger partial charge in [0, 0.05) is 24.5 Å². The van der Waals surface area contributed by atoms with Gasteiger partial charge in [-0.15, -0.1) is 11.6 Å². The fraction of sp³-hybridized carbons (Fsp3) is 0.545. The summed E-state index contributed by atoms with van der Waals surface area (Å²) in [5.41, 5.74) is 2.23. The zero-order valence-corrected chi connectivity index (χ0v) is 9.17. The molecule has 1 aliphatic heterocycles. The van der Waals surface area contributed by atoms with Gasteiger partial charge in [0.05, 0.1) is 11.6 Å². The minimum absolute atomic E-state index is 0.496. The van der Waals surface area contributed by atoms with Crippen molar-refractivity contribution < 1.29 is 0 Å². The van der Waals surface area contributed by atoms with Gasteiger partial charge >= 0.3 is 0 Å². The van der Waals surface area contributed by atoms with Gasteiger partial charge in [-0.1, -0.05) is 0 Å². The summed E-state index contributed by atoms with van der Waals surface area (Å²) in [6.45, 7) is 3.43. The number of rotatable bonds is 2. The Bertz CT molecular complexity index is 314. The molecule has 1 atom stereocenters. The molecule has 0 saturated carbocycles. The van der Waals surface area contributed by atoms with Crippen molar-refractivity contribution in [1.29, 1.82) is 0 Å². The molecule has 2 nitrogen and oxygen atoms in total. The van der Waals surface area contributed by atoms with Crippen molar-refractivity contribution in [3.63, 3.8) is 0 Å². The molecule has 2 rings (SSSR count). The number of pyridine rings is 1. The first kappa shape index (κ1) is 9.78. The Labute approximate surface area is 89.9 Å². The Kier molecular flexibility index (Phi) is 2.92. The van der Waals surface area contributed by atoms with E-state index in [4.69, 9.17) is 11.6 Å². The molecule has 1 aliphatic rings. The normalized spacial score (nSPS) is 21.6. The predicted molar refractivity (Wildman–Crippen MR) is 59.8 cm³/mol. The van der Waals surface area contributed by atoms with Gasteiger partial charge in [0.1, 0.15) is 0 Å². The summed E-state index contributed by atoms with van der Waals surface area (Å²) >= 11 is 5.76. The number of hydrogen-bond acceptors (Lipinski definition) is 2. The SMILES string of the molecule is CC1CCCN1c1ccnc(CCl)c1. The number of alkyl halides is 1. The molecule has 1 aromatic rings. The van der Waals surface area contributed by atoms with E-state index in [9.17, 15) is 0 Å². The van der Waals surface area contributed by atoms with Crippen molar-refractivity contribution in [3.05, 3.63) is 24.0 Å². The smallest absolute Gasteiger partial charge is 0.0648 e. The van der Waals surface area contributed by atoms with E-state index in [1.165, 1.54) is 18.5 Å². The molecular formula is C11H15ClN2. The van der Waals surface area contributed by atoms with Gasteiger partial charge < -0.3 is 4.90 Å². The molecule has 1 aromatic heterocycles. The highest BCUT2D eigenvalue weighted by molar-refractivity contribution is 6.16. The first-order valence-electron chi connectivity index (χ1n) is 5.09. The van der Waals surface area contributed by atoms with Gasteiger partial charge in [-0.25, -0.2) is 0 Å². The van der Waals surface area contributed by atoms with Crippen LogP contribution in [0.2, 0.25) is 0 Å². The van der Waals surface area contributed by atoms with E-state index in [0.29, 0.717) is 11.9 Å². The van der Waals surface area contributed by atoms with E-state index in [-0.39, 0.29) is 0 Å². The summed E-state index contributed by atoms with van der Waals surface area (Å²) in [6.07, 6.45) is 4.43. The number of anilines is 1. The number of hydrogen-bond donors (Lipinski definition) is 0. The fourth-order valence-electron chi connectivity index (χ4n) is 2.03. The minimum Gasteiger partial charge on any atom is -0.369 e. The molecule has 0 radical (unpaired) electrons. The van der Waals surface area contributed by atoms with Crippen molar-refractivity contribution in [2.24, 2.45) is 0 Å². The van der Waals surface area contributed by atoms with Crippen LogP contribution in [0.1, 0.15) is 25.5 Å². The highest BCUT2D eigenvalue weighted by Gasteiger charge is 2.20. The summed E-state index contributed by atoms with van der Waals surface area (Å²) in [7, 11) is 0. The van der Waals surface area contributed by atoms with Crippen molar-refractivity contribution in [2.45, 2.75) is 31.7 Å². The van der Waals surface area contributed by atoms with Crippen LogP contribution in [0.15, 0.2) is 18.3 Å². The molecule has 3 heteroatoms. The van der Waals surface area contributed by atoms with Crippen LogP contribution in [-0.2, 0) is 5.88 Å². The minimum atomic E-state index is 0.496. The van der Waals surface area contributed by atoms with Crippen molar-refractivity contribution in [3.8, 4) is 0 Å². The van der Waals surface area contributed by atoms with Crippen LogP contribution in [0.5, 0.6) is 0 Å². The number of halogens is 1. The third-order valence-corrected chi connectivity index (χ3v) is 3.10. The molecular weight excluding hydrogens is 196 g/mol. The van der Waals surface area contributed by atoms with Crippen LogP contribution >= 0.6 is 11.6 Å². The lowest BCUT2D eigenvalue weighted by Gasteiger charge is -2.23. The maximum Gasteiger partial charge on any atom is 0.0648 e. The molecule has 1 saturated heterocycles. The largest absolute Gasteiger partial charge is 0.369 e. The van der Waals surface area contributed by atoms with E-state index < -0.39 is 0 Å². The second kappa shape index (κ2) is 4.18. The van der Waals surface area contributed by atoms with E-state index in [1.807, 2.05) is 6.20 Å². The van der Waals surface area contributed by atoms with Gasteiger partial charge in [-0.3, -0.25) is 4.98 Å². The fourth-order valence-corrected chi connectivity index (χ4v) is 2.18. The molecule has 2 heterocycles. The van der Waals surface area contributed by atoms with Crippen LogP contribution < -0.4 is 4.90 Å². The second-order valence-electron chi connectivity index (χ2n) is 3.82. The lowest BCUT2D eigenvalue weighted by atomic mass is 10.2. The van der Waals surface area contributed by atoms with Crippen molar-refractivity contribution in [2.75, 3.05) is 11.4 Å². The highest BCUT2D eigenvalue weighted by Crippen LogP contribution is 2.25. The van der Waals surface area contributed by atoms with Gasteiger partial charge in [-0.2, -0.15) is 0 Å². The molecule has 0 bridgehead atoms. The molecule has 0 aliphatic carbocycles. The summed E-state index contributed by atoms with van der Waals surface area (Å²) in [5.74, 6) is 0.496. The maximum atomic E-state index is 5.76. The Morgan fingerprint density at radius 1 is 1.64 bits per heavy atom. The third kappa shape index (κ3) is 1.85. The van der Waals surface area contributed by atoms with E-state index in [2.05, 4.69) is 28.9 Å². The topological polar surface area (TPSA) is 16.1 Å². The van der Waals surface area contributed by atoms with Gasteiger partial charge in [0.15, 0.2) is 0 Å². The quantitative estimate of drug-likeness (QED) is 0.698. The summed E-state index contributed by atoms with van der Waals surface area (Å²) < 4.78 is 0. The molecule has 1 fully saturated rings. The lowest BCUT2D eigenvalue weighted by Crippen LogP contribution is -2.26. The molecule has 0 aromatic carbocycles. The van der Waals surface area contributed by atoms with Gasteiger partial charge in [-0.05, 0) is 31.9 Å². The Morgan fingerprint density at radius 3 is 3.14 bits per heavy atom. The number of nitrogens with zero attached hydrogens (tertiary/aromatic N) is 2. The van der Waals surface area contributed by atoms with E-state index in [1.54, 1.807) is 0 Å². The van der Waals surface area contributed by atoms with E-state index >= 15 is 0 Å². The first-order chi connectivity index (χ1) is 6.81. The summed E-state index contributed by atoms with van der Waals surface area (Å²) in [6, 6.07) is 4.81. The Hall–Kier alpha value is -0.760. The van der Waals surface area contributed by atoms with Crippen molar-refractivity contribution >= 4 is 17.3 Å². The molecule has 0 N–H and O–H groups in total.